The molecule has 0 bridgehead atoms. The molecule has 0 saturated heterocycles. The largest absolute Gasteiger partial charge is 0.421 e. The van der Waals surface area contributed by atoms with Crippen LogP contribution in [0, 0.1) is 0 Å². The van der Waals surface area contributed by atoms with Crippen LogP contribution in [0.5, 0.6) is 0 Å². The molecule has 8 nitrogen and oxygen atoms in total. The summed E-state index contributed by atoms with van der Waals surface area (Å²) in [5.74, 6) is -0.661. The third kappa shape index (κ3) is 5.86. The number of carbonyl (C=O) groups excluding carboxylic acids is 2. The summed E-state index contributed by atoms with van der Waals surface area (Å²) in [5.41, 5.74) is 1.58. The first kappa shape index (κ1) is 24.0. The highest BCUT2D eigenvalue weighted by Crippen LogP contribution is 2.34. The number of nitrogens with one attached hydrogen (secondary N) is 3. The van der Waals surface area contributed by atoms with Gasteiger partial charge in [-0.25, -0.2) is 4.98 Å². The van der Waals surface area contributed by atoms with E-state index in [1.165, 1.54) is 4.90 Å². The maximum atomic E-state index is 13.5. The SMILES string of the molecule is CN(CCCNc1nc(Nc2ccc3c(c2)CC(=O)N3)ncc1C(F)(F)F)C(=O)c1ccccc1. The molecule has 0 spiro atoms. The Morgan fingerprint density at radius 2 is 1.94 bits per heavy atom. The van der Waals surface area contributed by atoms with E-state index in [0.29, 0.717) is 29.9 Å². The monoisotopic (exact) mass is 484 g/mol. The van der Waals surface area contributed by atoms with Crippen molar-refractivity contribution >= 4 is 35.0 Å². The third-order valence-corrected chi connectivity index (χ3v) is 5.41. The number of amides is 2. The lowest BCUT2D eigenvalue weighted by Gasteiger charge is -2.18. The van der Waals surface area contributed by atoms with Crippen LogP contribution in [-0.2, 0) is 17.4 Å². The molecule has 0 atom stereocenters. The molecule has 2 heterocycles. The number of benzene rings is 2. The van der Waals surface area contributed by atoms with Crippen LogP contribution in [0.25, 0.3) is 0 Å². The Morgan fingerprint density at radius 3 is 2.69 bits per heavy atom. The van der Waals surface area contributed by atoms with Crippen molar-refractivity contribution in [3.05, 3.63) is 71.4 Å². The van der Waals surface area contributed by atoms with Gasteiger partial charge in [-0.2, -0.15) is 18.2 Å². The van der Waals surface area contributed by atoms with Crippen LogP contribution in [0.15, 0.2) is 54.7 Å². The van der Waals surface area contributed by atoms with Gasteiger partial charge in [0, 0.05) is 43.3 Å². The van der Waals surface area contributed by atoms with Crippen molar-refractivity contribution in [2.24, 2.45) is 0 Å². The summed E-state index contributed by atoms with van der Waals surface area (Å²) in [6.45, 7) is 0.513. The van der Waals surface area contributed by atoms with Crippen molar-refractivity contribution in [1.29, 1.82) is 0 Å². The second-order valence-electron chi connectivity index (χ2n) is 8.05. The molecule has 11 heteroatoms. The smallest absolute Gasteiger partial charge is 0.369 e. The fourth-order valence-corrected chi connectivity index (χ4v) is 3.65. The molecule has 2 aromatic carbocycles. The second-order valence-corrected chi connectivity index (χ2v) is 8.05. The molecule has 0 unspecified atom stereocenters. The summed E-state index contributed by atoms with van der Waals surface area (Å²) in [4.78, 5) is 33.3. The van der Waals surface area contributed by atoms with Gasteiger partial charge in [-0.05, 0) is 42.3 Å². The molecular formula is C24H23F3N6O2. The molecule has 0 radical (unpaired) electrons. The highest BCUT2D eigenvalue weighted by Gasteiger charge is 2.35. The third-order valence-electron chi connectivity index (χ3n) is 5.41. The first-order valence-electron chi connectivity index (χ1n) is 10.9. The standard InChI is InChI=1S/C24H23F3N6O2/c1-33(22(35)15-6-3-2-4-7-15)11-5-10-28-21-18(24(25,26)27)14-29-23(32-21)30-17-8-9-19-16(12-17)13-20(34)31-19/h2-4,6-9,12,14H,5,10-11,13H2,1H3,(H,31,34)(H2,28,29,30,32). The highest BCUT2D eigenvalue weighted by atomic mass is 19.4. The van der Waals surface area contributed by atoms with E-state index in [4.69, 9.17) is 0 Å². The van der Waals surface area contributed by atoms with Gasteiger partial charge in [-0.3, -0.25) is 9.59 Å². The number of anilines is 4. The molecule has 0 aliphatic carbocycles. The zero-order valence-electron chi connectivity index (χ0n) is 18.8. The number of halogens is 3. The average molecular weight is 484 g/mol. The first-order chi connectivity index (χ1) is 16.7. The lowest BCUT2D eigenvalue weighted by Crippen LogP contribution is -2.29. The Balaban J connectivity index is 1.40. The van der Waals surface area contributed by atoms with Crippen molar-refractivity contribution in [1.82, 2.24) is 14.9 Å². The minimum absolute atomic E-state index is 0.0193. The normalized spacial score (nSPS) is 12.6. The summed E-state index contributed by atoms with van der Waals surface area (Å²) in [6, 6.07) is 13.9. The summed E-state index contributed by atoms with van der Waals surface area (Å²) < 4.78 is 40.5. The molecule has 3 N–H and O–H groups in total. The number of fused-ring (bicyclic) bond motifs is 1. The second kappa shape index (κ2) is 10.00. The Bertz CT molecular complexity index is 1230. The fraction of sp³-hybridized carbons (Fsp3) is 0.250. The summed E-state index contributed by atoms with van der Waals surface area (Å²) in [6.07, 6.45) is -3.28. The Kier molecular flexibility index (Phi) is 6.85. The van der Waals surface area contributed by atoms with E-state index in [9.17, 15) is 22.8 Å². The van der Waals surface area contributed by atoms with Gasteiger partial charge >= 0.3 is 6.18 Å². The number of hydrogen-bond donors (Lipinski definition) is 3. The van der Waals surface area contributed by atoms with Gasteiger partial charge in [0.05, 0.1) is 6.42 Å². The molecule has 2 amide bonds. The number of carbonyl (C=O) groups is 2. The lowest BCUT2D eigenvalue weighted by molar-refractivity contribution is -0.137. The predicted octanol–water partition coefficient (Wildman–Crippen LogP) is 4.31. The van der Waals surface area contributed by atoms with Crippen LogP contribution in [0.2, 0.25) is 0 Å². The van der Waals surface area contributed by atoms with Crippen molar-refractivity contribution in [3.8, 4) is 0 Å². The minimum atomic E-state index is -4.64. The van der Waals surface area contributed by atoms with Crippen LogP contribution in [0.1, 0.15) is 27.9 Å². The van der Waals surface area contributed by atoms with E-state index in [1.54, 1.807) is 49.5 Å². The van der Waals surface area contributed by atoms with E-state index in [1.807, 2.05) is 6.07 Å². The molecule has 0 saturated carbocycles. The van der Waals surface area contributed by atoms with Crippen molar-refractivity contribution < 1.29 is 22.8 Å². The summed E-state index contributed by atoms with van der Waals surface area (Å²) in [7, 11) is 1.64. The molecule has 4 rings (SSSR count). The topological polar surface area (TPSA) is 99.2 Å². The minimum Gasteiger partial charge on any atom is -0.369 e. The maximum absolute atomic E-state index is 13.5. The number of nitrogens with zero attached hydrogens (tertiary/aromatic N) is 3. The summed E-state index contributed by atoms with van der Waals surface area (Å²) >= 11 is 0. The first-order valence-corrected chi connectivity index (χ1v) is 10.9. The van der Waals surface area contributed by atoms with Crippen molar-refractivity contribution in [3.63, 3.8) is 0 Å². The zero-order chi connectivity index (χ0) is 25.0. The molecule has 3 aromatic rings. The van der Waals surface area contributed by atoms with Crippen LogP contribution in [0.4, 0.5) is 36.3 Å². The zero-order valence-corrected chi connectivity index (χ0v) is 18.8. The van der Waals surface area contributed by atoms with Gasteiger partial charge in [-0.1, -0.05) is 18.2 Å². The van der Waals surface area contributed by atoms with Gasteiger partial charge in [0.25, 0.3) is 5.91 Å². The van der Waals surface area contributed by atoms with Crippen LogP contribution >= 0.6 is 0 Å². The van der Waals surface area contributed by atoms with Crippen LogP contribution in [-0.4, -0.2) is 46.8 Å². The summed E-state index contributed by atoms with van der Waals surface area (Å²) in [5, 5.41) is 8.33. The molecular weight excluding hydrogens is 461 g/mol. The van der Waals surface area contributed by atoms with E-state index < -0.39 is 11.7 Å². The van der Waals surface area contributed by atoms with Gasteiger partial charge in [0.1, 0.15) is 11.4 Å². The Labute approximate surface area is 199 Å². The van der Waals surface area contributed by atoms with Gasteiger partial charge in [0.2, 0.25) is 11.9 Å². The van der Waals surface area contributed by atoms with E-state index >= 15 is 0 Å². The number of alkyl halides is 3. The molecule has 0 fully saturated rings. The Hall–Kier alpha value is -4.15. The Morgan fingerprint density at radius 1 is 1.17 bits per heavy atom. The molecule has 1 aliphatic rings. The lowest BCUT2D eigenvalue weighted by atomic mass is 10.1. The van der Waals surface area contributed by atoms with Crippen LogP contribution in [0.3, 0.4) is 0 Å². The van der Waals surface area contributed by atoms with E-state index in [0.717, 1.165) is 11.8 Å². The quantitative estimate of drug-likeness (QED) is 0.412. The number of rotatable bonds is 8. The van der Waals surface area contributed by atoms with Gasteiger partial charge < -0.3 is 20.9 Å². The fourth-order valence-electron chi connectivity index (χ4n) is 3.65. The number of hydrogen-bond acceptors (Lipinski definition) is 6. The molecule has 1 aliphatic heterocycles. The maximum Gasteiger partial charge on any atom is 0.421 e. The van der Waals surface area contributed by atoms with E-state index in [-0.39, 0.29) is 36.5 Å². The molecule has 1 aromatic heterocycles. The van der Waals surface area contributed by atoms with Gasteiger partial charge in [0.15, 0.2) is 0 Å². The van der Waals surface area contributed by atoms with Gasteiger partial charge in [-0.15, -0.1) is 0 Å². The van der Waals surface area contributed by atoms with E-state index in [2.05, 4.69) is 25.9 Å². The molecule has 182 valence electrons. The average Bonchev–Trinajstić information content (AvgIpc) is 3.20. The van der Waals surface area contributed by atoms with Crippen LogP contribution < -0.4 is 16.0 Å². The highest BCUT2D eigenvalue weighted by molar-refractivity contribution is 5.99. The van der Waals surface area contributed by atoms with Crippen molar-refractivity contribution in [2.75, 3.05) is 36.1 Å². The predicted molar refractivity (Wildman–Crippen MR) is 126 cm³/mol. The molecule has 35 heavy (non-hydrogen) atoms. The van der Waals surface area contributed by atoms with Crippen molar-refractivity contribution in [2.45, 2.75) is 19.0 Å². The number of aromatic nitrogens is 2.